The SMILES string of the molecule is C=C[C@@H]1CN2CC[C@@H]1[C@@H]([C@@H](O)c1ccnc3ccc(OC)cc13)C2. The van der Waals surface area contributed by atoms with Gasteiger partial charge in [0.15, 0.2) is 0 Å². The van der Waals surface area contributed by atoms with Gasteiger partial charge in [-0.15, -0.1) is 6.58 Å². The molecule has 24 heavy (non-hydrogen) atoms. The Hall–Kier alpha value is -1.91. The maximum absolute atomic E-state index is 11.2. The molecule has 4 nitrogen and oxygen atoms in total. The lowest BCUT2D eigenvalue weighted by atomic mass is 9.69. The first-order chi connectivity index (χ1) is 11.7. The highest BCUT2D eigenvalue weighted by atomic mass is 16.5. The minimum atomic E-state index is -0.488. The molecule has 4 heterocycles. The van der Waals surface area contributed by atoms with Crippen molar-refractivity contribution >= 4 is 10.9 Å². The number of pyridine rings is 1. The normalized spacial score (nSPS) is 30.2. The second kappa shape index (κ2) is 6.19. The quantitative estimate of drug-likeness (QED) is 0.878. The molecule has 0 radical (unpaired) electrons. The highest BCUT2D eigenvalue weighted by molar-refractivity contribution is 5.83. The minimum Gasteiger partial charge on any atom is -0.497 e. The molecule has 0 saturated carbocycles. The topological polar surface area (TPSA) is 45.6 Å². The maximum Gasteiger partial charge on any atom is 0.119 e. The standard InChI is InChI=1S/C20H24N2O2/c1-3-13-11-22-9-7-15(13)18(12-22)20(23)16-6-8-21-19-5-4-14(24-2)10-17(16)19/h3-6,8,10,13,15,18,20,23H,1,7,9,11-12H2,2H3/t13-,15+,18+,20+/m1/s1. The predicted octanol–water partition coefficient (Wildman–Crippen LogP) is 3.03. The van der Waals surface area contributed by atoms with Gasteiger partial charge in [0, 0.05) is 30.6 Å². The lowest BCUT2D eigenvalue weighted by Crippen LogP contribution is -2.53. The van der Waals surface area contributed by atoms with Crippen LogP contribution in [0.25, 0.3) is 10.9 Å². The van der Waals surface area contributed by atoms with Gasteiger partial charge in [-0.25, -0.2) is 0 Å². The Morgan fingerprint density at radius 3 is 3.00 bits per heavy atom. The number of fused-ring (bicyclic) bond motifs is 4. The number of hydrogen-bond acceptors (Lipinski definition) is 4. The molecule has 1 aromatic heterocycles. The molecule has 5 rings (SSSR count). The molecule has 1 aromatic carbocycles. The van der Waals surface area contributed by atoms with Crippen LogP contribution in [0.5, 0.6) is 5.75 Å². The summed E-state index contributed by atoms with van der Waals surface area (Å²) in [7, 11) is 1.66. The zero-order chi connectivity index (χ0) is 16.7. The van der Waals surface area contributed by atoms with E-state index in [1.54, 1.807) is 13.3 Å². The number of piperidine rings is 3. The lowest BCUT2D eigenvalue weighted by molar-refractivity contribution is -0.0472. The van der Waals surface area contributed by atoms with Crippen LogP contribution in [-0.4, -0.2) is 41.7 Å². The Labute approximate surface area is 142 Å². The van der Waals surface area contributed by atoms with E-state index in [4.69, 9.17) is 4.74 Å². The lowest BCUT2D eigenvalue weighted by Gasteiger charge is -2.50. The maximum atomic E-state index is 11.2. The number of aliphatic hydroxyl groups excluding tert-OH is 1. The van der Waals surface area contributed by atoms with Crippen LogP contribution in [-0.2, 0) is 0 Å². The Bertz CT molecular complexity index is 760. The zero-order valence-electron chi connectivity index (χ0n) is 14.1. The van der Waals surface area contributed by atoms with Crippen molar-refractivity contribution in [3.05, 3.63) is 48.7 Å². The fraction of sp³-hybridized carbons (Fsp3) is 0.450. The summed E-state index contributed by atoms with van der Waals surface area (Å²) in [5.41, 5.74) is 1.86. The van der Waals surface area contributed by atoms with Crippen LogP contribution >= 0.6 is 0 Å². The average Bonchev–Trinajstić information content (AvgIpc) is 2.66. The Morgan fingerprint density at radius 2 is 2.25 bits per heavy atom. The summed E-state index contributed by atoms with van der Waals surface area (Å²) >= 11 is 0. The number of ether oxygens (including phenoxy) is 1. The van der Waals surface area contributed by atoms with E-state index in [0.29, 0.717) is 11.8 Å². The Morgan fingerprint density at radius 1 is 1.38 bits per heavy atom. The first kappa shape index (κ1) is 15.6. The molecule has 2 aromatic rings. The second-order valence-electron chi connectivity index (χ2n) is 7.00. The first-order valence-corrected chi connectivity index (χ1v) is 8.67. The van der Waals surface area contributed by atoms with E-state index >= 15 is 0 Å². The number of aliphatic hydroxyl groups is 1. The van der Waals surface area contributed by atoms with Crippen molar-refractivity contribution in [2.45, 2.75) is 12.5 Å². The monoisotopic (exact) mass is 324 g/mol. The van der Waals surface area contributed by atoms with Gasteiger partial charge in [0.1, 0.15) is 5.75 Å². The van der Waals surface area contributed by atoms with E-state index in [1.165, 1.54) is 0 Å². The number of benzene rings is 1. The average molecular weight is 324 g/mol. The third-order valence-corrected chi connectivity index (χ3v) is 5.83. The molecule has 1 unspecified atom stereocenters. The summed E-state index contributed by atoms with van der Waals surface area (Å²) < 4.78 is 5.36. The minimum absolute atomic E-state index is 0.243. The summed E-state index contributed by atoms with van der Waals surface area (Å²) in [6.07, 6.45) is 4.52. The van der Waals surface area contributed by atoms with Gasteiger partial charge in [-0.3, -0.25) is 4.98 Å². The van der Waals surface area contributed by atoms with Gasteiger partial charge in [0.05, 0.1) is 18.7 Å². The van der Waals surface area contributed by atoms with Crippen LogP contribution in [0.3, 0.4) is 0 Å². The highest BCUT2D eigenvalue weighted by Crippen LogP contribution is 2.44. The van der Waals surface area contributed by atoms with E-state index in [1.807, 2.05) is 24.3 Å². The molecule has 126 valence electrons. The van der Waals surface area contributed by atoms with Crippen LogP contribution < -0.4 is 4.74 Å². The summed E-state index contributed by atoms with van der Waals surface area (Å²) in [5.74, 6) is 2.03. The van der Waals surface area contributed by atoms with Gasteiger partial charge >= 0.3 is 0 Å². The first-order valence-electron chi connectivity index (χ1n) is 8.67. The van der Waals surface area contributed by atoms with Crippen LogP contribution in [0, 0.1) is 17.8 Å². The molecule has 1 N–H and O–H groups in total. The van der Waals surface area contributed by atoms with Crippen LogP contribution in [0.4, 0.5) is 0 Å². The Kier molecular flexibility index (Phi) is 4.02. The molecule has 2 bridgehead atoms. The van der Waals surface area contributed by atoms with Crippen molar-refractivity contribution < 1.29 is 9.84 Å². The fourth-order valence-corrected chi connectivity index (χ4v) is 4.55. The number of nitrogens with zero attached hydrogens (tertiary/aromatic N) is 2. The molecule has 3 aliphatic heterocycles. The fourth-order valence-electron chi connectivity index (χ4n) is 4.55. The summed E-state index contributed by atoms with van der Waals surface area (Å²) in [5, 5.41) is 12.2. The van der Waals surface area contributed by atoms with Crippen LogP contribution in [0.15, 0.2) is 43.1 Å². The van der Waals surface area contributed by atoms with Crippen molar-refractivity contribution in [3.8, 4) is 5.75 Å². The molecule has 3 saturated heterocycles. The molecule has 0 amide bonds. The van der Waals surface area contributed by atoms with E-state index in [-0.39, 0.29) is 5.92 Å². The number of methoxy groups -OCH3 is 1. The third-order valence-electron chi connectivity index (χ3n) is 5.83. The van der Waals surface area contributed by atoms with Crippen molar-refractivity contribution in [2.75, 3.05) is 26.7 Å². The van der Waals surface area contributed by atoms with Crippen molar-refractivity contribution in [2.24, 2.45) is 17.8 Å². The molecular weight excluding hydrogens is 300 g/mol. The van der Waals surface area contributed by atoms with E-state index in [9.17, 15) is 5.11 Å². The molecule has 0 aliphatic carbocycles. The molecular formula is C20H24N2O2. The molecule has 3 aliphatic rings. The van der Waals surface area contributed by atoms with E-state index in [2.05, 4.69) is 22.5 Å². The summed E-state index contributed by atoms with van der Waals surface area (Å²) in [6.45, 7) is 7.20. The second-order valence-corrected chi connectivity index (χ2v) is 7.00. The summed E-state index contributed by atoms with van der Waals surface area (Å²) in [6, 6.07) is 7.79. The van der Waals surface area contributed by atoms with Gasteiger partial charge in [0.25, 0.3) is 0 Å². The van der Waals surface area contributed by atoms with Gasteiger partial charge in [-0.05, 0) is 54.6 Å². The van der Waals surface area contributed by atoms with Gasteiger partial charge in [0.2, 0.25) is 0 Å². The largest absolute Gasteiger partial charge is 0.497 e. The molecule has 0 spiro atoms. The van der Waals surface area contributed by atoms with Gasteiger partial charge < -0.3 is 14.7 Å². The van der Waals surface area contributed by atoms with Gasteiger partial charge in [-0.2, -0.15) is 0 Å². The Balaban J connectivity index is 1.73. The predicted molar refractivity (Wildman–Crippen MR) is 95.0 cm³/mol. The molecule has 5 atom stereocenters. The van der Waals surface area contributed by atoms with E-state index in [0.717, 1.165) is 48.3 Å². The highest BCUT2D eigenvalue weighted by Gasteiger charge is 2.43. The smallest absolute Gasteiger partial charge is 0.119 e. The van der Waals surface area contributed by atoms with Crippen molar-refractivity contribution in [1.29, 1.82) is 0 Å². The number of aromatic nitrogens is 1. The van der Waals surface area contributed by atoms with Gasteiger partial charge in [-0.1, -0.05) is 6.08 Å². The molecule has 3 fully saturated rings. The summed E-state index contributed by atoms with van der Waals surface area (Å²) in [4.78, 5) is 6.89. The van der Waals surface area contributed by atoms with Crippen molar-refractivity contribution in [1.82, 2.24) is 9.88 Å². The van der Waals surface area contributed by atoms with E-state index < -0.39 is 6.10 Å². The zero-order valence-corrected chi connectivity index (χ0v) is 14.1. The van der Waals surface area contributed by atoms with Crippen LogP contribution in [0.2, 0.25) is 0 Å². The number of rotatable bonds is 4. The number of hydrogen-bond donors (Lipinski definition) is 1. The van der Waals surface area contributed by atoms with Crippen LogP contribution in [0.1, 0.15) is 18.1 Å². The molecule has 4 heteroatoms. The van der Waals surface area contributed by atoms with Crippen molar-refractivity contribution in [3.63, 3.8) is 0 Å². The third kappa shape index (κ3) is 2.50.